The normalized spacial score (nSPS) is 20.2. The number of rotatable bonds is 4. The van der Waals surface area contributed by atoms with Gasteiger partial charge in [-0.25, -0.2) is 12.7 Å². The lowest BCUT2D eigenvalue weighted by Crippen LogP contribution is -2.44. The molecule has 1 aromatic rings. The van der Waals surface area contributed by atoms with Crippen LogP contribution in [0.1, 0.15) is 19.8 Å². The van der Waals surface area contributed by atoms with Gasteiger partial charge in [-0.3, -0.25) is 4.79 Å². The van der Waals surface area contributed by atoms with Crippen molar-refractivity contribution in [3.63, 3.8) is 0 Å². The number of anilines is 1. The Morgan fingerprint density at radius 1 is 1.38 bits per heavy atom. The average molecular weight is 331 g/mol. The number of hydrogen-bond donors (Lipinski definition) is 1. The van der Waals surface area contributed by atoms with E-state index in [-0.39, 0.29) is 24.1 Å². The number of carbonyl (C=O) groups excluding carboxylic acids is 1. The van der Waals surface area contributed by atoms with Gasteiger partial charge in [0.2, 0.25) is 15.9 Å². The molecule has 0 saturated carbocycles. The second kappa shape index (κ2) is 6.77. The van der Waals surface area contributed by atoms with Crippen LogP contribution in [0, 0.1) is 5.92 Å². The van der Waals surface area contributed by atoms with Crippen LogP contribution in [0.15, 0.2) is 24.3 Å². The lowest BCUT2D eigenvalue weighted by molar-refractivity contribution is -0.120. The topological polar surface area (TPSA) is 66.5 Å². The zero-order chi connectivity index (χ0) is 15.5. The Balaban J connectivity index is 2.01. The van der Waals surface area contributed by atoms with E-state index in [1.807, 2.05) is 0 Å². The molecular formula is C14H19ClN2O3S. The number of hydrogen-bond acceptors (Lipinski definition) is 3. The van der Waals surface area contributed by atoms with Gasteiger partial charge in [0.1, 0.15) is 0 Å². The number of piperidine rings is 1. The molecule has 1 amide bonds. The summed E-state index contributed by atoms with van der Waals surface area (Å²) in [6, 6.07) is 6.85. The second-order valence-electron chi connectivity index (χ2n) is 5.09. The number of nitrogens with zero attached hydrogens (tertiary/aromatic N) is 1. The highest BCUT2D eigenvalue weighted by Crippen LogP contribution is 2.21. The maximum atomic E-state index is 12.2. The van der Waals surface area contributed by atoms with E-state index in [9.17, 15) is 13.2 Å². The van der Waals surface area contributed by atoms with Gasteiger partial charge >= 0.3 is 0 Å². The summed E-state index contributed by atoms with van der Waals surface area (Å²) in [7, 11) is -3.23. The summed E-state index contributed by atoms with van der Waals surface area (Å²) in [6.07, 6.45) is 1.41. The van der Waals surface area contributed by atoms with Gasteiger partial charge in [-0.15, -0.1) is 0 Å². The van der Waals surface area contributed by atoms with Crippen molar-refractivity contribution in [3.8, 4) is 0 Å². The Labute approximate surface area is 130 Å². The van der Waals surface area contributed by atoms with E-state index >= 15 is 0 Å². The molecule has 1 heterocycles. The van der Waals surface area contributed by atoms with Crippen LogP contribution in [0.5, 0.6) is 0 Å². The molecule has 0 aliphatic carbocycles. The molecule has 0 radical (unpaired) electrons. The van der Waals surface area contributed by atoms with E-state index in [4.69, 9.17) is 11.6 Å². The molecule has 21 heavy (non-hydrogen) atoms. The number of sulfonamides is 1. The van der Waals surface area contributed by atoms with Crippen molar-refractivity contribution in [2.75, 3.05) is 24.2 Å². The highest BCUT2D eigenvalue weighted by atomic mass is 35.5. The fourth-order valence-electron chi connectivity index (χ4n) is 2.37. The van der Waals surface area contributed by atoms with Crippen LogP contribution in [0.3, 0.4) is 0 Å². The van der Waals surface area contributed by atoms with Crippen LogP contribution >= 0.6 is 11.6 Å². The standard InChI is InChI=1S/C14H19ClN2O3S/c1-2-21(19,20)17-9-3-4-11(10-17)14(18)16-13-7-5-12(15)6-8-13/h5-8,11H,2-4,9-10H2,1H3,(H,16,18)/t11-/m1/s1. The minimum absolute atomic E-state index is 0.0680. The Morgan fingerprint density at radius 3 is 2.67 bits per heavy atom. The summed E-state index contributed by atoms with van der Waals surface area (Å²) in [5, 5.41) is 3.41. The molecular weight excluding hydrogens is 312 g/mol. The summed E-state index contributed by atoms with van der Waals surface area (Å²) in [6.45, 7) is 2.38. The first-order chi connectivity index (χ1) is 9.92. The van der Waals surface area contributed by atoms with Gasteiger partial charge in [0.15, 0.2) is 0 Å². The highest BCUT2D eigenvalue weighted by Gasteiger charge is 2.31. The third kappa shape index (κ3) is 4.18. The summed E-state index contributed by atoms with van der Waals surface area (Å²) < 4.78 is 25.2. The van der Waals surface area contributed by atoms with Gasteiger partial charge < -0.3 is 5.32 Å². The fourth-order valence-corrected chi connectivity index (χ4v) is 3.67. The fraction of sp³-hybridized carbons (Fsp3) is 0.500. The molecule has 1 atom stereocenters. The van der Waals surface area contributed by atoms with Gasteiger partial charge in [-0.05, 0) is 44.0 Å². The number of halogens is 1. The molecule has 1 N–H and O–H groups in total. The molecule has 1 fully saturated rings. The molecule has 0 bridgehead atoms. The summed E-state index contributed by atoms with van der Waals surface area (Å²) in [5.41, 5.74) is 0.667. The van der Waals surface area contributed by atoms with Crippen LogP contribution in [-0.4, -0.2) is 37.5 Å². The van der Waals surface area contributed by atoms with Crippen molar-refractivity contribution in [3.05, 3.63) is 29.3 Å². The molecule has 1 aliphatic heterocycles. The van der Waals surface area contributed by atoms with E-state index in [0.29, 0.717) is 30.1 Å². The summed E-state index contributed by atoms with van der Waals surface area (Å²) in [5.74, 6) is -0.387. The monoisotopic (exact) mass is 330 g/mol. The van der Waals surface area contributed by atoms with Gasteiger partial charge in [0, 0.05) is 23.8 Å². The van der Waals surface area contributed by atoms with Gasteiger partial charge in [-0.1, -0.05) is 11.6 Å². The minimum Gasteiger partial charge on any atom is -0.326 e. The quantitative estimate of drug-likeness (QED) is 0.921. The first-order valence-electron chi connectivity index (χ1n) is 6.96. The molecule has 116 valence electrons. The zero-order valence-corrected chi connectivity index (χ0v) is 13.5. The number of amides is 1. The van der Waals surface area contributed by atoms with Gasteiger partial charge in [0.05, 0.1) is 11.7 Å². The number of nitrogens with one attached hydrogen (secondary N) is 1. The maximum Gasteiger partial charge on any atom is 0.228 e. The zero-order valence-electron chi connectivity index (χ0n) is 11.9. The molecule has 7 heteroatoms. The van der Waals surface area contributed by atoms with E-state index < -0.39 is 10.0 Å². The molecule has 5 nitrogen and oxygen atoms in total. The van der Waals surface area contributed by atoms with Crippen molar-refractivity contribution < 1.29 is 13.2 Å². The third-order valence-electron chi connectivity index (χ3n) is 3.62. The Morgan fingerprint density at radius 2 is 2.05 bits per heavy atom. The van der Waals surface area contributed by atoms with E-state index in [1.54, 1.807) is 31.2 Å². The van der Waals surface area contributed by atoms with Crippen LogP contribution in [-0.2, 0) is 14.8 Å². The molecule has 0 unspecified atom stereocenters. The summed E-state index contributed by atoms with van der Waals surface area (Å²) >= 11 is 5.80. The maximum absolute atomic E-state index is 12.2. The molecule has 0 spiro atoms. The van der Waals surface area contributed by atoms with Crippen molar-refractivity contribution in [2.45, 2.75) is 19.8 Å². The van der Waals surface area contributed by atoms with Crippen molar-refractivity contribution in [2.24, 2.45) is 5.92 Å². The number of carbonyl (C=O) groups is 1. The first kappa shape index (κ1) is 16.3. The largest absolute Gasteiger partial charge is 0.326 e. The third-order valence-corrected chi connectivity index (χ3v) is 5.72. The predicted molar refractivity (Wildman–Crippen MR) is 83.8 cm³/mol. The second-order valence-corrected chi connectivity index (χ2v) is 7.79. The van der Waals surface area contributed by atoms with Crippen LogP contribution < -0.4 is 5.32 Å². The lowest BCUT2D eigenvalue weighted by Gasteiger charge is -2.30. The van der Waals surface area contributed by atoms with Crippen molar-refractivity contribution >= 4 is 33.2 Å². The predicted octanol–water partition coefficient (Wildman–Crippen LogP) is 2.34. The summed E-state index contributed by atoms with van der Waals surface area (Å²) in [4.78, 5) is 12.2. The average Bonchev–Trinajstić information content (AvgIpc) is 2.49. The van der Waals surface area contributed by atoms with E-state index in [0.717, 1.165) is 0 Å². The lowest BCUT2D eigenvalue weighted by atomic mass is 9.99. The van der Waals surface area contributed by atoms with Gasteiger partial charge in [0.25, 0.3) is 0 Å². The van der Waals surface area contributed by atoms with Crippen LogP contribution in [0.2, 0.25) is 5.02 Å². The van der Waals surface area contributed by atoms with Gasteiger partial charge in [-0.2, -0.15) is 0 Å². The van der Waals surface area contributed by atoms with E-state index in [2.05, 4.69) is 5.32 Å². The van der Waals surface area contributed by atoms with E-state index in [1.165, 1.54) is 4.31 Å². The first-order valence-corrected chi connectivity index (χ1v) is 8.95. The smallest absolute Gasteiger partial charge is 0.228 e. The SMILES string of the molecule is CCS(=O)(=O)N1CCC[C@@H](C(=O)Nc2ccc(Cl)cc2)C1. The van der Waals surface area contributed by atoms with Crippen LogP contribution in [0.25, 0.3) is 0 Å². The van der Waals surface area contributed by atoms with Crippen molar-refractivity contribution in [1.82, 2.24) is 4.31 Å². The van der Waals surface area contributed by atoms with Crippen LogP contribution in [0.4, 0.5) is 5.69 Å². The molecule has 1 aromatic carbocycles. The number of benzene rings is 1. The molecule has 0 aromatic heterocycles. The molecule has 2 rings (SSSR count). The minimum atomic E-state index is -3.23. The highest BCUT2D eigenvalue weighted by molar-refractivity contribution is 7.89. The van der Waals surface area contributed by atoms with Crippen molar-refractivity contribution in [1.29, 1.82) is 0 Å². The molecule has 1 aliphatic rings. The Kier molecular flexibility index (Phi) is 5.24. The molecule has 1 saturated heterocycles. The Bertz CT molecular complexity index is 601. The Hall–Kier alpha value is -1.11.